The van der Waals surface area contributed by atoms with Gasteiger partial charge in [-0.25, -0.2) is 0 Å². The molecule has 2 aliphatic carbocycles. The maximum atomic E-state index is 10.5. The minimum Gasteiger partial charge on any atom is -0.497 e. The summed E-state index contributed by atoms with van der Waals surface area (Å²) in [6.45, 7) is 1.06. The third-order valence-corrected chi connectivity index (χ3v) is 6.33. The van der Waals surface area contributed by atoms with Crippen molar-refractivity contribution in [2.45, 2.75) is 36.5 Å². The van der Waals surface area contributed by atoms with Crippen LogP contribution in [0.4, 0.5) is 0 Å². The number of hydrogen-bond donors (Lipinski definition) is 1. The van der Waals surface area contributed by atoms with Crippen LogP contribution in [0.2, 0.25) is 0 Å². The summed E-state index contributed by atoms with van der Waals surface area (Å²) in [6, 6.07) is 4.64. The first-order chi connectivity index (χ1) is 10.6. The quantitative estimate of drug-likeness (QED) is 0.798. The molecule has 1 aromatic rings. The highest BCUT2D eigenvalue weighted by molar-refractivity contribution is 5.59. The summed E-state index contributed by atoms with van der Waals surface area (Å²) in [6.07, 6.45) is 5.58. The third-order valence-electron chi connectivity index (χ3n) is 6.33. The number of aliphatic hydroxyl groups excluding tert-OH is 1. The molecule has 1 saturated heterocycles. The van der Waals surface area contributed by atoms with Gasteiger partial charge in [0.1, 0.15) is 23.7 Å². The van der Waals surface area contributed by atoms with Crippen LogP contribution in [-0.2, 0) is 11.8 Å². The molecule has 4 aliphatic rings. The van der Waals surface area contributed by atoms with Crippen LogP contribution in [0.5, 0.6) is 11.5 Å². The third kappa shape index (κ3) is 1.32. The molecule has 2 heterocycles. The van der Waals surface area contributed by atoms with E-state index in [2.05, 4.69) is 24.1 Å². The molecule has 4 heteroatoms. The van der Waals surface area contributed by atoms with Crippen LogP contribution in [0.3, 0.4) is 0 Å². The van der Waals surface area contributed by atoms with E-state index in [-0.39, 0.29) is 11.5 Å². The maximum absolute atomic E-state index is 10.5. The highest BCUT2D eigenvalue weighted by Gasteiger charge is 2.63. The van der Waals surface area contributed by atoms with Crippen molar-refractivity contribution in [1.82, 2.24) is 4.90 Å². The lowest BCUT2D eigenvalue weighted by Gasteiger charge is -2.56. The van der Waals surface area contributed by atoms with Crippen molar-refractivity contribution in [3.8, 4) is 11.5 Å². The summed E-state index contributed by atoms with van der Waals surface area (Å²) >= 11 is 0. The Kier molecular flexibility index (Phi) is 2.39. The van der Waals surface area contributed by atoms with Gasteiger partial charge in [-0.15, -0.1) is 0 Å². The van der Waals surface area contributed by atoms with Crippen LogP contribution in [0, 0.1) is 5.92 Å². The van der Waals surface area contributed by atoms with Crippen LogP contribution in [0.25, 0.3) is 0 Å². The van der Waals surface area contributed by atoms with Crippen molar-refractivity contribution in [3.63, 3.8) is 0 Å². The fourth-order valence-corrected chi connectivity index (χ4v) is 5.38. The van der Waals surface area contributed by atoms with Gasteiger partial charge in [0.15, 0.2) is 0 Å². The van der Waals surface area contributed by atoms with E-state index in [0.717, 1.165) is 30.9 Å². The predicted octanol–water partition coefficient (Wildman–Crippen LogP) is 1.50. The Balaban J connectivity index is 1.80. The van der Waals surface area contributed by atoms with E-state index >= 15 is 0 Å². The van der Waals surface area contributed by atoms with Crippen LogP contribution in [0.1, 0.15) is 17.5 Å². The van der Waals surface area contributed by atoms with Crippen molar-refractivity contribution in [1.29, 1.82) is 0 Å². The molecular formula is C18H21NO3. The normalized spacial score (nSPS) is 41.0. The first-order valence-electron chi connectivity index (χ1n) is 8.10. The molecule has 1 N–H and O–H groups in total. The number of benzene rings is 1. The Labute approximate surface area is 130 Å². The minimum absolute atomic E-state index is 0.0550. The monoisotopic (exact) mass is 299 g/mol. The maximum Gasteiger partial charge on any atom is 0.138 e. The van der Waals surface area contributed by atoms with Crippen molar-refractivity contribution < 1.29 is 14.6 Å². The van der Waals surface area contributed by atoms with Crippen molar-refractivity contribution in [2.24, 2.45) is 5.92 Å². The highest BCUT2D eigenvalue weighted by Crippen LogP contribution is 2.61. The topological polar surface area (TPSA) is 41.9 Å². The molecule has 1 fully saturated rings. The number of methoxy groups -OCH3 is 1. The summed E-state index contributed by atoms with van der Waals surface area (Å²) in [5.74, 6) is 2.21. The Morgan fingerprint density at radius 2 is 2.23 bits per heavy atom. The lowest BCUT2D eigenvalue weighted by atomic mass is 9.53. The molecular weight excluding hydrogens is 278 g/mol. The molecule has 2 bridgehead atoms. The number of hydrogen-bond acceptors (Lipinski definition) is 4. The van der Waals surface area contributed by atoms with Crippen molar-refractivity contribution in [2.75, 3.05) is 20.7 Å². The average molecular weight is 299 g/mol. The molecule has 22 heavy (non-hydrogen) atoms. The molecule has 1 aromatic carbocycles. The molecule has 1 spiro atoms. The smallest absolute Gasteiger partial charge is 0.138 e. The molecule has 0 saturated carbocycles. The summed E-state index contributed by atoms with van der Waals surface area (Å²) < 4.78 is 11.7. The summed E-state index contributed by atoms with van der Waals surface area (Å²) in [4.78, 5) is 2.47. The number of likely N-dealkylation sites (N-methyl/N-ethyl adjacent to an activating group) is 1. The molecule has 116 valence electrons. The molecule has 2 aliphatic heterocycles. The number of piperidine rings is 1. The lowest BCUT2D eigenvalue weighted by Crippen LogP contribution is -2.64. The van der Waals surface area contributed by atoms with E-state index in [9.17, 15) is 5.11 Å². The highest BCUT2D eigenvalue weighted by atomic mass is 16.5. The van der Waals surface area contributed by atoms with E-state index in [1.165, 1.54) is 11.1 Å². The van der Waals surface area contributed by atoms with E-state index in [1.807, 2.05) is 12.1 Å². The van der Waals surface area contributed by atoms with Crippen LogP contribution in [0.15, 0.2) is 24.3 Å². The Morgan fingerprint density at radius 3 is 3.05 bits per heavy atom. The standard InChI is InChI=1S/C18H21NO3/c1-19-6-5-18-12-3-4-14(20)17(18)22-15-9-11(21-2)7-10(16(15)18)8-13(12)19/h3-4,7,9,12-14,17,20H,5-6,8H2,1-2H3/t12-,13+,14-,17-,18-/m0/s1. The Morgan fingerprint density at radius 1 is 1.36 bits per heavy atom. The SMILES string of the molecule is COc1cc2c3c(c1)O[C@H]1[C@@H](O)C=C[C@H]4[C@@H](C2)N(C)CC[C@@]341. The van der Waals surface area contributed by atoms with Crippen LogP contribution < -0.4 is 9.47 Å². The van der Waals surface area contributed by atoms with E-state index in [0.29, 0.717) is 12.0 Å². The molecule has 5 rings (SSSR count). The lowest BCUT2D eigenvalue weighted by molar-refractivity contribution is -0.0450. The zero-order valence-electron chi connectivity index (χ0n) is 13.0. The van der Waals surface area contributed by atoms with Gasteiger partial charge in [-0.05, 0) is 38.1 Å². The second-order valence-corrected chi connectivity index (χ2v) is 7.14. The van der Waals surface area contributed by atoms with Gasteiger partial charge in [0.05, 0.1) is 7.11 Å². The van der Waals surface area contributed by atoms with Gasteiger partial charge in [0.2, 0.25) is 0 Å². The summed E-state index contributed by atoms with van der Waals surface area (Å²) in [5, 5.41) is 10.5. The molecule has 0 radical (unpaired) electrons. The van der Waals surface area contributed by atoms with Crippen molar-refractivity contribution in [3.05, 3.63) is 35.4 Å². The van der Waals surface area contributed by atoms with Crippen LogP contribution in [-0.4, -0.2) is 49.0 Å². The second kappa shape index (κ2) is 4.06. The van der Waals surface area contributed by atoms with E-state index in [4.69, 9.17) is 9.47 Å². The molecule has 5 atom stereocenters. The van der Waals surface area contributed by atoms with Gasteiger partial charge < -0.3 is 19.5 Å². The van der Waals surface area contributed by atoms with Gasteiger partial charge >= 0.3 is 0 Å². The molecule has 4 nitrogen and oxygen atoms in total. The van der Waals surface area contributed by atoms with Gasteiger partial charge in [-0.3, -0.25) is 0 Å². The van der Waals surface area contributed by atoms with Gasteiger partial charge in [-0.2, -0.15) is 0 Å². The minimum atomic E-state index is -0.523. The van der Waals surface area contributed by atoms with Gasteiger partial charge in [-0.1, -0.05) is 12.2 Å². The summed E-state index contributed by atoms with van der Waals surface area (Å²) in [7, 11) is 3.91. The fourth-order valence-electron chi connectivity index (χ4n) is 5.38. The second-order valence-electron chi connectivity index (χ2n) is 7.14. The predicted molar refractivity (Wildman–Crippen MR) is 82.5 cm³/mol. The van der Waals surface area contributed by atoms with Crippen molar-refractivity contribution >= 4 is 0 Å². The first kappa shape index (κ1) is 13.0. The number of nitrogens with zero attached hydrogens (tertiary/aromatic N) is 1. The fraction of sp³-hybridized carbons (Fsp3) is 0.556. The zero-order valence-corrected chi connectivity index (χ0v) is 13.0. The Bertz CT molecular complexity index is 685. The average Bonchev–Trinajstić information content (AvgIpc) is 2.86. The molecule has 0 unspecified atom stereocenters. The Hall–Kier alpha value is -1.52. The number of likely N-dealkylation sites (tertiary alicyclic amines) is 1. The zero-order chi connectivity index (χ0) is 15.1. The first-order valence-corrected chi connectivity index (χ1v) is 8.10. The van der Waals surface area contributed by atoms with E-state index < -0.39 is 6.10 Å². The number of ether oxygens (including phenoxy) is 2. The van der Waals surface area contributed by atoms with Gasteiger partial charge in [0, 0.05) is 29.0 Å². The van der Waals surface area contributed by atoms with Crippen LogP contribution >= 0.6 is 0 Å². The van der Waals surface area contributed by atoms with E-state index in [1.54, 1.807) is 7.11 Å². The number of aliphatic hydroxyl groups is 1. The molecule has 0 aromatic heterocycles. The summed E-state index contributed by atoms with van der Waals surface area (Å²) in [5.41, 5.74) is 2.63. The largest absolute Gasteiger partial charge is 0.497 e. The number of rotatable bonds is 1. The molecule has 0 amide bonds. The van der Waals surface area contributed by atoms with Gasteiger partial charge in [0.25, 0.3) is 0 Å².